The zero-order valence-electron chi connectivity index (χ0n) is 23.2. The monoisotopic (exact) mass is 539 g/mol. The van der Waals surface area contributed by atoms with Gasteiger partial charge in [-0.25, -0.2) is 0 Å². The van der Waals surface area contributed by atoms with Crippen molar-refractivity contribution in [1.82, 2.24) is 14.7 Å². The van der Waals surface area contributed by atoms with Crippen LogP contribution in [0.1, 0.15) is 43.9 Å². The van der Waals surface area contributed by atoms with E-state index in [2.05, 4.69) is 93.5 Å². The van der Waals surface area contributed by atoms with Crippen LogP contribution in [0.15, 0.2) is 97.1 Å². The molecule has 4 aromatic rings. The molecule has 0 saturated heterocycles. The van der Waals surface area contributed by atoms with Gasteiger partial charge < -0.3 is 14.1 Å². The lowest BCUT2D eigenvalue weighted by atomic mass is 10.2. The van der Waals surface area contributed by atoms with Gasteiger partial charge in [0.2, 0.25) is 0 Å². The van der Waals surface area contributed by atoms with Gasteiger partial charge in [-0.1, -0.05) is 99.6 Å². The minimum absolute atomic E-state index is 0.0161. The minimum Gasteiger partial charge on any atom is -0.487 e. The van der Waals surface area contributed by atoms with Crippen molar-refractivity contribution in [2.75, 3.05) is 13.1 Å². The Bertz CT molecular complexity index is 1350. The molecule has 2 heterocycles. The Morgan fingerprint density at radius 2 is 1.44 bits per heavy atom. The van der Waals surface area contributed by atoms with Gasteiger partial charge in [0, 0.05) is 13.1 Å². The number of hydrogen-bond acceptors (Lipinski definition) is 4. The predicted octanol–water partition coefficient (Wildman–Crippen LogP) is 4.88. The van der Waals surface area contributed by atoms with E-state index >= 15 is 0 Å². The fourth-order valence-electron chi connectivity index (χ4n) is 5.55. The highest BCUT2D eigenvalue weighted by molar-refractivity contribution is 6.99. The Kier molecular flexibility index (Phi) is 7.73. The molecule has 0 N–H and O–H groups in total. The molecule has 6 nitrogen and oxygen atoms in total. The van der Waals surface area contributed by atoms with E-state index in [1.807, 2.05) is 41.3 Å². The van der Waals surface area contributed by atoms with Crippen LogP contribution in [0.5, 0.6) is 5.75 Å². The second-order valence-corrected chi connectivity index (χ2v) is 15.4. The van der Waals surface area contributed by atoms with E-state index in [0.717, 1.165) is 11.4 Å². The molecule has 39 heavy (non-hydrogen) atoms. The molecule has 0 fully saturated rings. The highest BCUT2D eigenvalue weighted by atomic mass is 28.4. The number of nitrogens with zero attached hydrogens (tertiary/aromatic N) is 3. The summed E-state index contributed by atoms with van der Waals surface area (Å²) in [5.74, 6) is 0.767. The molecule has 0 bridgehead atoms. The standard InChI is InChI=1S/C32H37N3O3Si/c1-25(38-39(32(2,3)4,28-16-10-6-11-17-28)29-18-12-7-13-19-29)23-34-20-21-35-30(31(34)36)22-26(33-35)24-37-27-14-8-5-9-15-27/h5-19,22,25H,20-21,23-24H2,1-4H3. The van der Waals surface area contributed by atoms with E-state index in [1.165, 1.54) is 10.4 Å². The second-order valence-electron chi connectivity index (χ2n) is 11.2. The summed E-state index contributed by atoms with van der Waals surface area (Å²) in [4.78, 5) is 15.4. The highest BCUT2D eigenvalue weighted by Gasteiger charge is 2.51. The number of aromatic nitrogens is 2. The summed E-state index contributed by atoms with van der Waals surface area (Å²) in [6, 6.07) is 32.7. The summed E-state index contributed by atoms with van der Waals surface area (Å²) in [6.45, 7) is 11.0. The largest absolute Gasteiger partial charge is 0.487 e. The highest BCUT2D eigenvalue weighted by Crippen LogP contribution is 2.37. The molecule has 1 aliphatic rings. The molecule has 0 radical (unpaired) electrons. The van der Waals surface area contributed by atoms with Crippen molar-refractivity contribution in [1.29, 1.82) is 0 Å². The van der Waals surface area contributed by atoms with Gasteiger partial charge in [0.1, 0.15) is 23.7 Å². The topological polar surface area (TPSA) is 56.6 Å². The van der Waals surface area contributed by atoms with Crippen LogP contribution in [-0.2, 0) is 17.6 Å². The molecule has 1 amide bonds. The number of ether oxygens (including phenoxy) is 1. The molecular formula is C32H37N3O3Si. The van der Waals surface area contributed by atoms with E-state index in [-0.39, 0.29) is 17.0 Å². The number of para-hydroxylation sites is 1. The zero-order valence-corrected chi connectivity index (χ0v) is 24.2. The maximum absolute atomic E-state index is 13.5. The number of amides is 1. The smallest absolute Gasteiger partial charge is 0.272 e. The van der Waals surface area contributed by atoms with Gasteiger partial charge in [-0.15, -0.1) is 0 Å². The van der Waals surface area contributed by atoms with Crippen molar-refractivity contribution in [2.45, 2.75) is 52.0 Å². The molecule has 0 aliphatic carbocycles. The van der Waals surface area contributed by atoms with E-state index in [9.17, 15) is 4.79 Å². The van der Waals surface area contributed by atoms with Gasteiger partial charge in [-0.2, -0.15) is 5.10 Å². The summed E-state index contributed by atoms with van der Waals surface area (Å²) in [5, 5.41) is 6.97. The van der Waals surface area contributed by atoms with Crippen LogP contribution in [-0.4, -0.2) is 48.1 Å². The molecule has 202 valence electrons. The van der Waals surface area contributed by atoms with Crippen LogP contribution >= 0.6 is 0 Å². The fourth-order valence-corrected chi connectivity index (χ4v) is 10.2. The summed E-state index contributed by atoms with van der Waals surface area (Å²) < 4.78 is 14.9. The molecule has 1 unspecified atom stereocenters. The lowest BCUT2D eigenvalue weighted by Gasteiger charge is -2.45. The number of benzene rings is 3. The van der Waals surface area contributed by atoms with Gasteiger partial charge in [0.15, 0.2) is 0 Å². The third-order valence-corrected chi connectivity index (χ3v) is 12.5. The minimum atomic E-state index is -2.70. The number of carbonyl (C=O) groups excluding carboxylic acids is 1. The molecule has 3 aromatic carbocycles. The van der Waals surface area contributed by atoms with Crippen molar-refractivity contribution in [3.05, 3.63) is 108 Å². The summed E-state index contributed by atoms with van der Waals surface area (Å²) >= 11 is 0. The Morgan fingerprint density at radius 1 is 0.872 bits per heavy atom. The first-order valence-corrected chi connectivity index (χ1v) is 15.5. The molecule has 0 spiro atoms. The quantitative estimate of drug-likeness (QED) is 0.285. The van der Waals surface area contributed by atoms with Crippen molar-refractivity contribution < 1.29 is 14.0 Å². The van der Waals surface area contributed by atoms with Crippen molar-refractivity contribution in [3.8, 4) is 5.75 Å². The van der Waals surface area contributed by atoms with E-state index in [4.69, 9.17) is 9.16 Å². The molecule has 1 atom stereocenters. The SMILES string of the molecule is CC(CN1CCn2nc(COc3ccccc3)cc2C1=O)O[Si](c1ccccc1)(c1ccccc1)C(C)(C)C. The number of fused-ring (bicyclic) bond motifs is 1. The normalized spacial score (nSPS) is 14.7. The first-order chi connectivity index (χ1) is 18.8. The Morgan fingerprint density at radius 3 is 2.00 bits per heavy atom. The van der Waals surface area contributed by atoms with Crippen LogP contribution in [0.25, 0.3) is 0 Å². The van der Waals surface area contributed by atoms with Gasteiger partial charge in [-0.05, 0) is 40.5 Å². The van der Waals surface area contributed by atoms with Crippen molar-refractivity contribution >= 4 is 24.6 Å². The molecule has 5 rings (SSSR count). The van der Waals surface area contributed by atoms with Gasteiger partial charge >= 0.3 is 0 Å². The van der Waals surface area contributed by atoms with Gasteiger partial charge in [-0.3, -0.25) is 9.48 Å². The second kappa shape index (κ2) is 11.2. The lowest BCUT2D eigenvalue weighted by Crippen LogP contribution is -2.68. The third kappa shape index (κ3) is 5.56. The predicted molar refractivity (Wildman–Crippen MR) is 157 cm³/mol. The summed E-state index contributed by atoms with van der Waals surface area (Å²) in [7, 11) is -2.70. The number of hydrogen-bond donors (Lipinski definition) is 0. The van der Waals surface area contributed by atoms with Crippen LogP contribution in [0.4, 0.5) is 0 Å². The average molecular weight is 540 g/mol. The zero-order chi connectivity index (χ0) is 27.5. The summed E-state index contributed by atoms with van der Waals surface area (Å²) in [6.07, 6.45) is -0.157. The van der Waals surface area contributed by atoms with Crippen LogP contribution in [0, 0.1) is 0 Å². The molecule has 1 aromatic heterocycles. The van der Waals surface area contributed by atoms with Crippen LogP contribution in [0.2, 0.25) is 5.04 Å². The number of rotatable bonds is 9. The van der Waals surface area contributed by atoms with E-state index in [1.54, 1.807) is 4.68 Å². The van der Waals surface area contributed by atoms with Crippen LogP contribution in [0.3, 0.4) is 0 Å². The molecular weight excluding hydrogens is 502 g/mol. The first kappa shape index (κ1) is 26.9. The lowest BCUT2D eigenvalue weighted by molar-refractivity contribution is 0.0601. The van der Waals surface area contributed by atoms with Crippen LogP contribution < -0.4 is 15.1 Å². The van der Waals surface area contributed by atoms with Gasteiger partial charge in [0.25, 0.3) is 14.2 Å². The first-order valence-electron chi connectivity index (χ1n) is 13.6. The Balaban J connectivity index is 1.35. The Labute approximate surface area is 232 Å². The maximum Gasteiger partial charge on any atom is 0.272 e. The molecule has 0 saturated carbocycles. The van der Waals surface area contributed by atoms with Gasteiger partial charge in [0.05, 0.1) is 12.6 Å². The molecule has 7 heteroatoms. The average Bonchev–Trinajstić information content (AvgIpc) is 3.37. The van der Waals surface area contributed by atoms with E-state index < -0.39 is 8.32 Å². The number of carbonyl (C=O) groups is 1. The van der Waals surface area contributed by atoms with E-state index in [0.29, 0.717) is 31.9 Å². The molecule has 1 aliphatic heterocycles. The summed E-state index contributed by atoms with van der Waals surface area (Å²) in [5.41, 5.74) is 1.35. The fraction of sp³-hybridized carbons (Fsp3) is 0.312. The van der Waals surface area contributed by atoms with Crippen molar-refractivity contribution in [3.63, 3.8) is 0 Å². The maximum atomic E-state index is 13.5. The van der Waals surface area contributed by atoms with Crippen molar-refractivity contribution in [2.24, 2.45) is 0 Å². The third-order valence-electron chi connectivity index (χ3n) is 7.32. The Hall–Kier alpha value is -3.68.